The van der Waals surface area contributed by atoms with Crippen LogP contribution in [0, 0.1) is 17.1 Å². The highest BCUT2D eigenvalue weighted by Gasteiger charge is 2.21. The summed E-state index contributed by atoms with van der Waals surface area (Å²) in [6.45, 7) is 4.45. The van der Waals surface area contributed by atoms with Crippen LogP contribution in [-0.2, 0) is 4.79 Å². The van der Waals surface area contributed by atoms with Crippen LogP contribution in [0.25, 0.3) is 22.4 Å². The minimum absolute atomic E-state index is 0.00755. The summed E-state index contributed by atoms with van der Waals surface area (Å²) in [5, 5.41) is 26.0. The lowest BCUT2D eigenvalue weighted by atomic mass is 9.97. The normalized spacial score (nSPS) is 11.6. The van der Waals surface area contributed by atoms with Gasteiger partial charge >= 0.3 is 0 Å². The van der Waals surface area contributed by atoms with Crippen LogP contribution in [0.3, 0.4) is 0 Å². The van der Waals surface area contributed by atoms with Crippen LogP contribution in [0.5, 0.6) is 5.75 Å². The van der Waals surface area contributed by atoms with Gasteiger partial charge in [0.2, 0.25) is 5.91 Å². The van der Waals surface area contributed by atoms with Gasteiger partial charge in [-0.1, -0.05) is 19.1 Å². The van der Waals surface area contributed by atoms with Crippen molar-refractivity contribution in [3.63, 3.8) is 0 Å². The molecule has 0 aliphatic carbocycles. The third-order valence-electron chi connectivity index (χ3n) is 6.32. The largest absolute Gasteiger partial charge is 0.507 e. The van der Waals surface area contributed by atoms with E-state index in [1.54, 1.807) is 43.3 Å². The molecule has 198 valence electrons. The number of nitriles is 1. The number of carbonyl (C=O) groups excluding carboxylic acids is 2. The summed E-state index contributed by atoms with van der Waals surface area (Å²) in [4.78, 5) is 31.8. The summed E-state index contributed by atoms with van der Waals surface area (Å²) < 4.78 is 18.8. The molecule has 0 aliphatic heterocycles. The van der Waals surface area contributed by atoms with E-state index in [4.69, 9.17) is 4.42 Å². The molecule has 0 radical (unpaired) electrons. The van der Waals surface area contributed by atoms with Crippen LogP contribution >= 0.6 is 0 Å². The molecule has 2 aromatic heterocycles. The third kappa shape index (κ3) is 5.95. The van der Waals surface area contributed by atoms with Crippen LogP contribution < -0.4 is 10.6 Å². The SMILES string of the molecule is CCN(C)C(C)C(=O)Nc1cccc(-c2cc(-c3ccc(F)cc3O)nc(NC(=O)c3ccco3)c2C#N)c1. The van der Waals surface area contributed by atoms with Gasteiger partial charge in [0.05, 0.1) is 18.0 Å². The number of halogens is 1. The van der Waals surface area contributed by atoms with Crippen molar-refractivity contribution < 1.29 is 23.5 Å². The van der Waals surface area contributed by atoms with Gasteiger partial charge in [-0.2, -0.15) is 5.26 Å². The van der Waals surface area contributed by atoms with Gasteiger partial charge in [0, 0.05) is 22.9 Å². The lowest BCUT2D eigenvalue weighted by Crippen LogP contribution is -2.39. The number of nitrogens with zero attached hydrogens (tertiary/aromatic N) is 3. The summed E-state index contributed by atoms with van der Waals surface area (Å²) >= 11 is 0. The van der Waals surface area contributed by atoms with Crippen LogP contribution in [0.15, 0.2) is 71.3 Å². The van der Waals surface area contributed by atoms with Crippen molar-refractivity contribution in [1.82, 2.24) is 9.88 Å². The van der Waals surface area contributed by atoms with Crippen molar-refractivity contribution >= 4 is 23.3 Å². The highest BCUT2D eigenvalue weighted by atomic mass is 19.1. The first-order valence-electron chi connectivity index (χ1n) is 12.1. The predicted molar refractivity (Wildman–Crippen MR) is 145 cm³/mol. The van der Waals surface area contributed by atoms with E-state index in [1.807, 2.05) is 18.9 Å². The number of aromatic hydroxyl groups is 1. The minimum Gasteiger partial charge on any atom is -0.507 e. The first kappa shape index (κ1) is 27.0. The molecule has 2 aromatic carbocycles. The number of hydrogen-bond donors (Lipinski definition) is 3. The Labute approximate surface area is 224 Å². The van der Waals surface area contributed by atoms with E-state index in [2.05, 4.69) is 21.7 Å². The molecular formula is C29H26FN5O4. The fraction of sp³-hybridized carbons (Fsp3) is 0.172. The maximum Gasteiger partial charge on any atom is 0.292 e. The number of phenols is 1. The molecule has 0 bridgehead atoms. The maximum atomic E-state index is 13.7. The number of hydrogen-bond acceptors (Lipinski definition) is 7. The number of benzene rings is 2. The Morgan fingerprint density at radius 3 is 2.59 bits per heavy atom. The number of pyridine rings is 1. The zero-order valence-electron chi connectivity index (χ0n) is 21.5. The summed E-state index contributed by atoms with van der Waals surface area (Å²) in [5.74, 6) is -1.91. The predicted octanol–water partition coefficient (Wildman–Crippen LogP) is 5.26. The Bertz CT molecular complexity index is 1560. The number of nitrogens with one attached hydrogen (secondary N) is 2. The van der Waals surface area contributed by atoms with Crippen LogP contribution in [0.4, 0.5) is 15.9 Å². The van der Waals surface area contributed by atoms with Gasteiger partial charge in [-0.25, -0.2) is 9.37 Å². The van der Waals surface area contributed by atoms with E-state index >= 15 is 0 Å². The standard InChI is InChI=1S/C29H26FN5O4/c1-4-35(3)17(2)28(37)32-20-8-5-7-18(13-20)22-15-24(21-11-10-19(30)14-25(21)36)33-27(23(22)16-31)34-29(38)26-9-6-12-39-26/h5-15,17,36H,4H2,1-3H3,(H,32,37)(H,33,34,38). The summed E-state index contributed by atoms with van der Waals surface area (Å²) in [6, 6.07) is 16.6. The van der Waals surface area contributed by atoms with Gasteiger partial charge in [-0.05, 0) is 68.5 Å². The molecule has 0 saturated heterocycles. The maximum absolute atomic E-state index is 13.7. The molecule has 3 N–H and O–H groups in total. The average Bonchev–Trinajstić information content (AvgIpc) is 3.47. The zero-order chi connectivity index (χ0) is 28.1. The molecule has 10 heteroatoms. The molecule has 4 rings (SSSR count). The van der Waals surface area contributed by atoms with Gasteiger partial charge in [0.1, 0.15) is 23.2 Å². The number of carbonyl (C=O) groups is 2. The van der Waals surface area contributed by atoms with Gasteiger partial charge in [-0.3, -0.25) is 14.5 Å². The first-order chi connectivity index (χ1) is 18.7. The van der Waals surface area contributed by atoms with Crippen molar-refractivity contribution in [3.8, 4) is 34.2 Å². The van der Waals surface area contributed by atoms with Gasteiger partial charge in [-0.15, -0.1) is 0 Å². The van der Waals surface area contributed by atoms with Crippen molar-refractivity contribution in [2.24, 2.45) is 0 Å². The van der Waals surface area contributed by atoms with E-state index in [0.717, 1.165) is 6.07 Å². The molecule has 0 saturated carbocycles. The fourth-order valence-corrected chi connectivity index (χ4v) is 3.90. The quantitative estimate of drug-likeness (QED) is 0.285. The third-order valence-corrected chi connectivity index (χ3v) is 6.32. The number of phenolic OH excluding ortho intramolecular Hbond substituents is 1. The Balaban J connectivity index is 1.82. The van der Waals surface area contributed by atoms with Crippen LogP contribution in [-0.4, -0.2) is 46.4 Å². The number of likely N-dealkylation sites (N-methyl/N-ethyl adjacent to an activating group) is 1. The Morgan fingerprint density at radius 2 is 1.92 bits per heavy atom. The van der Waals surface area contributed by atoms with Crippen molar-refractivity contribution in [2.45, 2.75) is 19.9 Å². The second-order valence-corrected chi connectivity index (χ2v) is 8.80. The van der Waals surface area contributed by atoms with Crippen LogP contribution in [0.2, 0.25) is 0 Å². The lowest BCUT2D eigenvalue weighted by Gasteiger charge is -2.22. The van der Waals surface area contributed by atoms with E-state index in [9.17, 15) is 24.3 Å². The van der Waals surface area contributed by atoms with E-state index in [0.29, 0.717) is 23.4 Å². The number of furan rings is 1. The Hall–Kier alpha value is -5.01. The van der Waals surface area contributed by atoms with Gasteiger partial charge in [0.15, 0.2) is 11.6 Å². The number of anilines is 2. The van der Waals surface area contributed by atoms with E-state index in [1.165, 1.54) is 24.5 Å². The fourth-order valence-electron chi connectivity index (χ4n) is 3.90. The lowest BCUT2D eigenvalue weighted by molar-refractivity contribution is -0.120. The molecule has 1 atom stereocenters. The topological polar surface area (TPSA) is 131 Å². The summed E-state index contributed by atoms with van der Waals surface area (Å²) in [6.07, 6.45) is 1.34. The van der Waals surface area contributed by atoms with Crippen LogP contribution in [0.1, 0.15) is 30.0 Å². The zero-order valence-corrected chi connectivity index (χ0v) is 21.5. The van der Waals surface area contributed by atoms with Crippen molar-refractivity contribution in [2.75, 3.05) is 24.2 Å². The highest BCUT2D eigenvalue weighted by Crippen LogP contribution is 2.36. The first-order valence-corrected chi connectivity index (χ1v) is 12.1. The Morgan fingerprint density at radius 1 is 1.13 bits per heavy atom. The monoisotopic (exact) mass is 527 g/mol. The van der Waals surface area contributed by atoms with Gasteiger partial charge in [0.25, 0.3) is 5.91 Å². The second kappa shape index (κ2) is 11.6. The van der Waals surface area contributed by atoms with E-state index in [-0.39, 0.29) is 46.1 Å². The van der Waals surface area contributed by atoms with Gasteiger partial charge < -0.3 is 20.2 Å². The summed E-state index contributed by atoms with van der Waals surface area (Å²) in [7, 11) is 1.85. The molecule has 1 unspecified atom stereocenters. The molecule has 0 aliphatic rings. The molecule has 0 spiro atoms. The van der Waals surface area contributed by atoms with Crippen molar-refractivity contribution in [1.29, 1.82) is 5.26 Å². The smallest absolute Gasteiger partial charge is 0.292 e. The molecule has 0 fully saturated rings. The van der Waals surface area contributed by atoms with E-state index < -0.39 is 11.7 Å². The number of rotatable bonds is 8. The molecule has 9 nitrogen and oxygen atoms in total. The molecule has 4 aromatic rings. The second-order valence-electron chi connectivity index (χ2n) is 8.80. The summed E-state index contributed by atoms with van der Waals surface area (Å²) in [5.41, 5.74) is 1.83. The Kier molecular flexibility index (Phi) is 8.03. The molecule has 39 heavy (non-hydrogen) atoms. The molecule has 2 heterocycles. The molecule has 2 amide bonds. The van der Waals surface area contributed by atoms with Crippen molar-refractivity contribution in [3.05, 3.63) is 84.1 Å². The highest BCUT2D eigenvalue weighted by molar-refractivity contribution is 6.03. The number of aromatic nitrogens is 1. The molecular weight excluding hydrogens is 501 g/mol. The minimum atomic E-state index is -0.636. The average molecular weight is 528 g/mol. The number of amides is 2.